The highest BCUT2D eigenvalue weighted by atomic mass is 16.5. The lowest BCUT2D eigenvalue weighted by Crippen LogP contribution is -1.98. The van der Waals surface area contributed by atoms with Crippen LogP contribution < -0.4 is 4.74 Å². The second-order valence-corrected chi connectivity index (χ2v) is 4.37. The van der Waals surface area contributed by atoms with Gasteiger partial charge in [0.2, 0.25) is 0 Å². The fourth-order valence-electron chi connectivity index (χ4n) is 1.88. The Bertz CT molecular complexity index is 446. The van der Waals surface area contributed by atoms with E-state index in [0.717, 1.165) is 25.2 Å². The van der Waals surface area contributed by atoms with Gasteiger partial charge in [-0.15, -0.1) is 0 Å². The fourth-order valence-corrected chi connectivity index (χ4v) is 1.88. The Morgan fingerprint density at radius 3 is 2.88 bits per heavy atom. The van der Waals surface area contributed by atoms with Crippen LogP contribution in [0, 0.1) is 6.92 Å². The maximum absolute atomic E-state index is 5.74. The smallest absolute Gasteiger partial charge is 0.122 e. The first-order valence-electron chi connectivity index (χ1n) is 6.25. The first-order valence-corrected chi connectivity index (χ1v) is 6.25. The van der Waals surface area contributed by atoms with Crippen molar-refractivity contribution in [3.63, 3.8) is 0 Å². The fraction of sp³-hybridized carbons (Fsp3) is 0.400. The summed E-state index contributed by atoms with van der Waals surface area (Å²) in [6.45, 7) is 5.08. The molecule has 1 aromatic carbocycles. The zero-order valence-electron chi connectivity index (χ0n) is 10.6. The van der Waals surface area contributed by atoms with Crippen molar-refractivity contribution in [2.75, 3.05) is 6.61 Å². The predicted molar refractivity (Wildman–Crippen MR) is 72.7 cm³/mol. The molecule has 1 heterocycles. The normalized spacial score (nSPS) is 13.9. The highest BCUT2D eigenvalue weighted by molar-refractivity contribution is 5.84. The molecule has 0 radical (unpaired) electrons. The van der Waals surface area contributed by atoms with Crippen LogP contribution in [0.15, 0.2) is 29.4 Å². The molecule has 0 aromatic heterocycles. The standard InChI is InChI=1S/C15H19NO/c1-3-4-9-17-15-6-5-13(10-12(15)2)14-7-8-16-11-14/h5-6,8,10-11H,3-4,7,9H2,1-2H3. The molecule has 1 aliphatic rings. The molecule has 90 valence electrons. The molecule has 0 aliphatic carbocycles. The minimum Gasteiger partial charge on any atom is -0.493 e. The van der Waals surface area contributed by atoms with E-state index >= 15 is 0 Å². The van der Waals surface area contributed by atoms with Gasteiger partial charge in [-0.1, -0.05) is 19.4 Å². The van der Waals surface area contributed by atoms with Crippen molar-refractivity contribution < 1.29 is 4.74 Å². The van der Waals surface area contributed by atoms with Gasteiger partial charge in [0.05, 0.1) is 6.61 Å². The minimum atomic E-state index is 0.808. The number of unbranched alkanes of at least 4 members (excludes halogenated alkanes) is 1. The van der Waals surface area contributed by atoms with Crippen LogP contribution in [0.2, 0.25) is 0 Å². The predicted octanol–water partition coefficient (Wildman–Crippen LogP) is 3.99. The van der Waals surface area contributed by atoms with Gasteiger partial charge in [0.15, 0.2) is 0 Å². The summed E-state index contributed by atoms with van der Waals surface area (Å²) in [5, 5.41) is 0. The minimum absolute atomic E-state index is 0.808. The highest BCUT2D eigenvalue weighted by Crippen LogP contribution is 2.26. The van der Waals surface area contributed by atoms with E-state index in [1.54, 1.807) is 0 Å². The van der Waals surface area contributed by atoms with Crippen molar-refractivity contribution in [3.05, 3.63) is 35.5 Å². The van der Waals surface area contributed by atoms with E-state index in [0.29, 0.717) is 0 Å². The van der Waals surface area contributed by atoms with Gasteiger partial charge in [0.25, 0.3) is 0 Å². The number of hydrogen-bond acceptors (Lipinski definition) is 2. The molecule has 1 aromatic rings. The second-order valence-electron chi connectivity index (χ2n) is 4.37. The van der Waals surface area contributed by atoms with Crippen LogP contribution in [0.5, 0.6) is 5.75 Å². The van der Waals surface area contributed by atoms with E-state index in [1.165, 1.54) is 23.1 Å². The summed E-state index contributed by atoms with van der Waals surface area (Å²) in [5.74, 6) is 1.00. The monoisotopic (exact) mass is 229 g/mol. The van der Waals surface area contributed by atoms with Crippen molar-refractivity contribution in [3.8, 4) is 5.75 Å². The highest BCUT2D eigenvalue weighted by Gasteiger charge is 2.06. The van der Waals surface area contributed by atoms with Crippen LogP contribution >= 0.6 is 0 Å². The summed E-state index contributed by atoms with van der Waals surface area (Å²) in [6.07, 6.45) is 7.10. The lowest BCUT2D eigenvalue weighted by atomic mass is 10.0. The zero-order chi connectivity index (χ0) is 12.1. The Labute approximate surface area is 103 Å². The first kappa shape index (κ1) is 11.9. The van der Waals surface area contributed by atoms with Crippen LogP contribution in [0.4, 0.5) is 0 Å². The van der Waals surface area contributed by atoms with Crippen molar-refractivity contribution in [2.24, 2.45) is 4.99 Å². The number of aryl methyl sites for hydroxylation is 1. The Kier molecular flexibility index (Phi) is 3.97. The van der Waals surface area contributed by atoms with E-state index < -0.39 is 0 Å². The van der Waals surface area contributed by atoms with Crippen LogP contribution in [-0.2, 0) is 0 Å². The van der Waals surface area contributed by atoms with Gasteiger partial charge in [-0.2, -0.15) is 0 Å². The molecule has 0 amide bonds. The van der Waals surface area contributed by atoms with Gasteiger partial charge in [-0.05, 0) is 42.2 Å². The Morgan fingerprint density at radius 2 is 2.24 bits per heavy atom. The molecular weight excluding hydrogens is 210 g/mol. The number of ether oxygens (including phenoxy) is 1. The van der Waals surface area contributed by atoms with Gasteiger partial charge in [0, 0.05) is 18.8 Å². The number of allylic oxidation sites excluding steroid dienone is 1. The summed E-state index contributed by atoms with van der Waals surface area (Å²) < 4.78 is 5.74. The molecule has 0 N–H and O–H groups in total. The lowest BCUT2D eigenvalue weighted by Gasteiger charge is -2.10. The van der Waals surface area contributed by atoms with Gasteiger partial charge < -0.3 is 4.74 Å². The van der Waals surface area contributed by atoms with E-state index in [2.05, 4.69) is 37.0 Å². The Balaban J connectivity index is 2.06. The van der Waals surface area contributed by atoms with Gasteiger partial charge in [-0.25, -0.2) is 0 Å². The number of benzene rings is 1. The molecule has 0 saturated heterocycles. The zero-order valence-corrected chi connectivity index (χ0v) is 10.6. The topological polar surface area (TPSA) is 21.6 Å². The quantitative estimate of drug-likeness (QED) is 0.699. The molecule has 2 rings (SSSR count). The maximum Gasteiger partial charge on any atom is 0.122 e. The average molecular weight is 229 g/mol. The SMILES string of the molecule is CCCCOc1ccc(C2=CN=CC2)cc1C. The Hall–Kier alpha value is -1.57. The van der Waals surface area contributed by atoms with E-state index in [4.69, 9.17) is 4.74 Å². The molecule has 0 spiro atoms. The molecule has 0 saturated carbocycles. The summed E-state index contributed by atoms with van der Waals surface area (Å²) in [6, 6.07) is 6.37. The molecular formula is C15H19NO. The van der Waals surface area contributed by atoms with Crippen LogP contribution in [0.3, 0.4) is 0 Å². The molecule has 0 atom stereocenters. The number of hydrogen-bond donors (Lipinski definition) is 0. The van der Waals surface area contributed by atoms with Crippen molar-refractivity contribution in [2.45, 2.75) is 33.1 Å². The lowest BCUT2D eigenvalue weighted by molar-refractivity contribution is 0.307. The molecule has 0 unspecified atom stereocenters. The Morgan fingerprint density at radius 1 is 1.35 bits per heavy atom. The maximum atomic E-state index is 5.74. The van der Waals surface area contributed by atoms with Gasteiger partial charge in [-0.3, -0.25) is 4.99 Å². The summed E-state index contributed by atoms with van der Waals surface area (Å²) in [5.41, 5.74) is 3.74. The third-order valence-corrected chi connectivity index (χ3v) is 2.95. The summed E-state index contributed by atoms with van der Waals surface area (Å²) in [4.78, 5) is 4.14. The second kappa shape index (κ2) is 5.67. The molecule has 1 aliphatic heterocycles. The van der Waals surface area contributed by atoms with Crippen LogP contribution in [0.1, 0.15) is 37.3 Å². The van der Waals surface area contributed by atoms with E-state index in [1.807, 2.05) is 12.4 Å². The molecule has 0 bridgehead atoms. The van der Waals surface area contributed by atoms with Gasteiger partial charge in [0.1, 0.15) is 5.75 Å². The molecule has 2 nitrogen and oxygen atoms in total. The molecule has 2 heteroatoms. The molecule has 17 heavy (non-hydrogen) atoms. The average Bonchev–Trinajstić information content (AvgIpc) is 2.85. The largest absolute Gasteiger partial charge is 0.493 e. The van der Waals surface area contributed by atoms with Crippen molar-refractivity contribution in [1.29, 1.82) is 0 Å². The number of rotatable bonds is 5. The summed E-state index contributed by atoms with van der Waals surface area (Å²) in [7, 11) is 0. The summed E-state index contributed by atoms with van der Waals surface area (Å²) >= 11 is 0. The number of aliphatic imine (C=N–C) groups is 1. The third-order valence-electron chi connectivity index (χ3n) is 2.95. The van der Waals surface area contributed by atoms with E-state index in [9.17, 15) is 0 Å². The number of nitrogens with zero attached hydrogens (tertiary/aromatic N) is 1. The third kappa shape index (κ3) is 2.96. The first-order chi connectivity index (χ1) is 8.31. The molecule has 0 fully saturated rings. The van der Waals surface area contributed by atoms with Crippen LogP contribution in [0.25, 0.3) is 5.57 Å². The van der Waals surface area contributed by atoms with Crippen LogP contribution in [-0.4, -0.2) is 12.8 Å². The van der Waals surface area contributed by atoms with Gasteiger partial charge >= 0.3 is 0 Å². The van der Waals surface area contributed by atoms with E-state index in [-0.39, 0.29) is 0 Å². The van der Waals surface area contributed by atoms with Crippen molar-refractivity contribution in [1.82, 2.24) is 0 Å². The van der Waals surface area contributed by atoms with Crippen molar-refractivity contribution >= 4 is 11.8 Å².